The second kappa shape index (κ2) is 14.9. The van der Waals surface area contributed by atoms with Gasteiger partial charge in [-0.05, 0) is 35.9 Å². The van der Waals surface area contributed by atoms with Gasteiger partial charge in [-0.3, -0.25) is 19.2 Å². The number of fused-ring (bicyclic) bond motifs is 1. The number of carbonyl (C=O) groups excluding carboxylic acids is 4. The highest BCUT2D eigenvalue weighted by molar-refractivity contribution is 6.07. The number of carbonyl (C=O) groups is 4. The fraction of sp³-hybridized carbons (Fsp3) is 0.452. The molecule has 2 aliphatic rings. The molecule has 2 aliphatic heterocycles. The zero-order valence-electron chi connectivity index (χ0n) is 26.0. The van der Waals surface area contributed by atoms with E-state index in [1.165, 1.54) is 14.2 Å². The van der Waals surface area contributed by atoms with Crippen LogP contribution in [-0.2, 0) is 47.7 Å². The van der Waals surface area contributed by atoms with Gasteiger partial charge in [-0.15, -0.1) is 0 Å². The van der Waals surface area contributed by atoms with Crippen molar-refractivity contribution < 1.29 is 67.0 Å². The smallest absolute Gasteiger partial charge is 0.303 e. The number of nitrogens with zero attached hydrogens (tertiary/aromatic N) is 1. The van der Waals surface area contributed by atoms with Crippen molar-refractivity contribution in [3.8, 4) is 17.2 Å². The Labute approximate surface area is 264 Å². The number of esters is 4. The van der Waals surface area contributed by atoms with Crippen molar-refractivity contribution in [3.63, 3.8) is 0 Å². The Kier molecular flexibility index (Phi) is 11.0. The van der Waals surface area contributed by atoms with Crippen LogP contribution in [0.15, 0.2) is 47.6 Å². The summed E-state index contributed by atoms with van der Waals surface area (Å²) in [6.07, 6.45) is -9.64. The minimum Gasteiger partial charge on any atom is -0.497 e. The summed E-state index contributed by atoms with van der Waals surface area (Å²) in [6.45, 7) is 4.02. The van der Waals surface area contributed by atoms with Gasteiger partial charge < -0.3 is 47.8 Å². The molecule has 0 aromatic heterocycles. The number of hydrogen-bond acceptors (Lipinski definition) is 15. The lowest BCUT2D eigenvalue weighted by Gasteiger charge is -2.43. The number of hydrogen-bond donors (Lipinski definition) is 1. The van der Waals surface area contributed by atoms with Crippen molar-refractivity contribution in [2.45, 2.75) is 70.6 Å². The summed E-state index contributed by atoms with van der Waals surface area (Å²) in [5.74, 6) is -1.78. The molecule has 0 spiro atoms. The van der Waals surface area contributed by atoms with Crippen LogP contribution in [-0.4, -0.2) is 92.3 Å². The van der Waals surface area contributed by atoms with Gasteiger partial charge in [0, 0.05) is 33.3 Å². The van der Waals surface area contributed by atoms with Crippen molar-refractivity contribution in [2.24, 2.45) is 5.16 Å². The molecule has 248 valence electrons. The van der Waals surface area contributed by atoms with Crippen LogP contribution in [0.3, 0.4) is 0 Å². The normalized spacial score (nSPS) is 26.1. The standard InChI is InChI=1S/C31H35NO14/c1-15(33)40-14-24-28(41-16(2)34)29(42-17(3)35)30(43-18(4)36)31(45-24)46-32-25-22-13-21(39-6)10-11-23(22)44-27(26(25)37)19-8-7-9-20(12-19)38-5/h7-13,24,26-31,37H,14H2,1-6H3/t24-,26+,27-,28-,29+,30-,31+/m1/s1. The average Bonchev–Trinajstić information content (AvgIpc) is 3.01. The minimum absolute atomic E-state index is 0.0131. The van der Waals surface area contributed by atoms with E-state index in [1.807, 2.05) is 0 Å². The lowest BCUT2D eigenvalue weighted by molar-refractivity contribution is -0.308. The van der Waals surface area contributed by atoms with Gasteiger partial charge in [0.2, 0.25) is 6.10 Å². The summed E-state index contributed by atoms with van der Waals surface area (Å²) in [4.78, 5) is 53.8. The first kappa shape index (κ1) is 34.0. The van der Waals surface area contributed by atoms with Gasteiger partial charge in [0.1, 0.15) is 41.8 Å². The molecule has 15 heteroatoms. The Morgan fingerprint density at radius 1 is 0.804 bits per heavy atom. The van der Waals surface area contributed by atoms with Crippen molar-refractivity contribution in [1.29, 1.82) is 0 Å². The summed E-state index contributed by atoms with van der Waals surface area (Å²) >= 11 is 0. The Bertz CT molecular complexity index is 1470. The van der Waals surface area contributed by atoms with Crippen molar-refractivity contribution in [2.75, 3.05) is 20.8 Å². The van der Waals surface area contributed by atoms with Gasteiger partial charge >= 0.3 is 23.9 Å². The molecule has 0 amide bonds. The van der Waals surface area contributed by atoms with E-state index in [0.29, 0.717) is 28.4 Å². The van der Waals surface area contributed by atoms with Gasteiger partial charge in [-0.25, -0.2) is 0 Å². The van der Waals surface area contributed by atoms with Crippen LogP contribution in [0.5, 0.6) is 17.2 Å². The van der Waals surface area contributed by atoms with Crippen LogP contribution in [0.2, 0.25) is 0 Å². The Morgan fingerprint density at radius 2 is 1.43 bits per heavy atom. The van der Waals surface area contributed by atoms with Crippen LogP contribution in [0.25, 0.3) is 0 Å². The monoisotopic (exact) mass is 645 g/mol. The first-order valence-electron chi connectivity index (χ1n) is 14.1. The second-order valence-electron chi connectivity index (χ2n) is 10.3. The Morgan fingerprint density at radius 3 is 2.07 bits per heavy atom. The van der Waals surface area contributed by atoms with Gasteiger partial charge in [0.15, 0.2) is 18.3 Å². The van der Waals surface area contributed by atoms with Crippen molar-refractivity contribution in [3.05, 3.63) is 53.6 Å². The molecule has 2 aromatic carbocycles. The zero-order chi connectivity index (χ0) is 33.5. The fourth-order valence-electron chi connectivity index (χ4n) is 5.00. The molecule has 46 heavy (non-hydrogen) atoms. The quantitative estimate of drug-likeness (QED) is 0.225. The maximum atomic E-state index is 12.2. The minimum atomic E-state index is -1.62. The molecule has 0 aliphatic carbocycles. The fourth-order valence-corrected chi connectivity index (χ4v) is 5.00. The molecule has 4 rings (SSSR count). The molecule has 0 radical (unpaired) electrons. The van der Waals surface area contributed by atoms with E-state index in [2.05, 4.69) is 5.16 Å². The van der Waals surface area contributed by atoms with Gasteiger partial charge in [0.05, 0.1) is 14.2 Å². The number of methoxy groups -OCH3 is 2. The predicted octanol–water partition coefficient (Wildman–Crippen LogP) is 2.00. The highest BCUT2D eigenvalue weighted by atomic mass is 16.8. The maximum absolute atomic E-state index is 12.2. The number of oxime groups is 1. The summed E-state index contributed by atoms with van der Waals surface area (Å²) in [5.41, 5.74) is 0.866. The van der Waals surface area contributed by atoms with E-state index < -0.39 is 73.4 Å². The zero-order valence-corrected chi connectivity index (χ0v) is 26.0. The lowest BCUT2D eigenvalue weighted by atomic mass is 9.92. The van der Waals surface area contributed by atoms with Gasteiger partial charge in [-0.1, -0.05) is 17.3 Å². The first-order valence-corrected chi connectivity index (χ1v) is 14.1. The SMILES string of the molecule is COc1cccc([C@H]2Oc3ccc(OC)cc3C(=NO[C@@H]3O[C@H](COC(C)=O)[C@@H](OC(C)=O)[C@H](OC(C)=O)[C@H]3OC(C)=O)[C@@H]2O)c1. The number of benzene rings is 2. The second-order valence-corrected chi connectivity index (χ2v) is 10.3. The molecule has 2 aromatic rings. The van der Waals surface area contributed by atoms with Crippen LogP contribution in [0, 0.1) is 0 Å². The maximum Gasteiger partial charge on any atom is 0.303 e. The topological polar surface area (TPSA) is 184 Å². The van der Waals surface area contributed by atoms with Crippen molar-refractivity contribution >= 4 is 29.6 Å². The van der Waals surface area contributed by atoms with Crippen LogP contribution in [0.1, 0.15) is 44.9 Å². The molecule has 7 atom stereocenters. The number of ether oxygens (including phenoxy) is 8. The molecular weight excluding hydrogens is 610 g/mol. The summed E-state index contributed by atoms with van der Waals surface area (Å²) < 4.78 is 44.2. The molecule has 2 heterocycles. The molecule has 15 nitrogen and oxygen atoms in total. The van der Waals surface area contributed by atoms with Crippen LogP contribution < -0.4 is 14.2 Å². The molecule has 1 fully saturated rings. The molecule has 1 N–H and O–H groups in total. The highest BCUT2D eigenvalue weighted by Gasteiger charge is 2.54. The average molecular weight is 646 g/mol. The molecule has 0 unspecified atom stereocenters. The van der Waals surface area contributed by atoms with E-state index in [1.54, 1.807) is 42.5 Å². The Balaban J connectivity index is 1.78. The highest BCUT2D eigenvalue weighted by Crippen LogP contribution is 2.39. The van der Waals surface area contributed by atoms with E-state index in [4.69, 9.17) is 42.7 Å². The largest absolute Gasteiger partial charge is 0.497 e. The summed E-state index contributed by atoms with van der Waals surface area (Å²) in [6, 6.07) is 11.8. The summed E-state index contributed by atoms with van der Waals surface area (Å²) in [7, 11) is 2.97. The predicted molar refractivity (Wildman–Crippen MR) is 155 cm³/mol. The first-order chi connectivity index (χ1) is 21.9. The number of aliphatic hydroxyl groups is 1. The van der Waals surface area contributed by atoms with E-state index in [9.17, 15) is 24.3 Å². The van der Waals surface area contributed by atoms with Gasteiger partial charge in [0.25, 0.3) is 6.29 Å². The third-order valence-corrected chi connectivity index (χ3v) is 6.91. The molecule has 0 bridgehead atoms. The molecule has 1 saturated heterocycles. The number of rotatable bonds is 10. The van der Waals surface area contributed by atoms with Gasteiger partial charge in [-0.2, -0.15) is 0 Å². The molecular formula is C31H35NO14. The summed E-state index contributed by atoms with van der Waals surface area (Å²) in [5, 5.41) is 15.8. The third kappa shape index (κ3) is 8.03. The van der Waals surface area contributed by atoms with E-state index >= 15 is 0 Å². The number of aliphatic hydroxyl groups excluding tert-OH is 1. The van der Waals surface area contributed by atoms with Crippen molar-refractivity contribution in [1.82, 2.24) is 0 Å². The van der Waals surface area contributed by atoms with Crippen LogP contribution >= 0.6 is 0 Å². The lowest BCUT2D eigenvalue weighted by Crippen LogP contribution is -2.62. The molecule has 0 saturated carbocycles. The van der Waals surface area contributed by atoms with E-state index in [-0.39, 0.29) is 5.71 Å². The Hall–Kier alpha value is -4.89. The third-order valence-electron chi connectivity index (χ3n) is 6.91. The van der Waals surface area contributed by atoms with Crippen LogP contribution in [0.4, 0.5) is 0 Å². The van der Waals surface area contributed by atoms with E-state index in [0.717, 1.165) is 27.7 Å².